The topological polar surface area (TPSA) is 34.1 Å². The molecular weight excluding hydrogens is 344 g/mol. The zero-order chi connectivity index (χ0) is 19.0. The number of aryl methyl sites for hydroxylation is 1. The van der Waals surface area contributed by atoms with Gasteiger partial charge in [0.25, 0.3) is 0 Å². The highest BCUT2D eigenvalue weighted by Gasteiger charge is 2.37. The molecule has 0 atom stereocenters. The molecule has 1 N–H and O–H groups in total. The van der Waals surface area contributed by atoms with Crippen LogP contribution in [0.5, 0.6) is 5.75 Å². The van der Waals surface area contributed by atoms with E-state index in [4.69, 9.17) is 9.72 Å². The number of fused-ring (bicyclic) bond motifs is 2. The Morgan fingerprint density at radius 3 is 2.50 bits per heavy atom. The van der Waals surface area contributed by atoms with Gasteiger partial charge in [-0.25, -0.2) is 0 Å². The van der Waals surface area contributed by atoms with Crippen molar-refractivity contribution >= 4 is 22.3 Å². The quantitative estimate of drug-likeness (QED) is 0.575. The Labute approximate surface area is 167 Å². The monoisotopic (exact) mass is 372 g/mol. The van der Waals surface area contributed by atoms with Crippen molar-refractivity contribution in [2.75, 3.05) is 12.4 Å². The Morgan fingerprint density at radius 2 is 1.71 bits per heavy atom. The Hall–Kier alpha value is -2.55. The van der Waals surface area contributed by atoms with Crippen LogP contribution in [0, 0.1) is 5.41 Å². The molecule has 2 aliphatic carbocycles. The minimum absolute atomic E-state index is 0.492. The first-order valence-electron chi connectivity index (χ1n) is 10.6. The molecule has 1 aromatic heterocycles. The van der Waals surface area contributed by atoms with Crippen LogP contribution in [-0.2, 0) is 12.8 Å². The Morgan fingerprint density at radius 1 is 0.929 bits per heavy atom. The van der Waals surface area contributed by atoms with Crippen LogP contribution in [0.25, 0.3) is 10.9 Å². The smallest absolute Gasteiger partial charge is 0.119 e. The molecule has 0 amide bonds. The molecule has 1 saturated carbocycles. The van der Waals surface area contributed by atoms with Crippen LogP contribution in [0.4, 0.5) is 11.4 Å². The molecule has 2 aromatic carbocycles. The van der Waals surface area contributed by atoms with Crippen LogP contribution in [0.1, 0.15) is 49.8 Å². The summed E-state index contributed by atoms with van der Waals surface area (Å²) in [6.07, 6.45) is 10.5. The zero-order valence-corrected chi connectivity index (χ0v) is 16.6. The highest BCUT2D eigenvalue weighted by atomic mass is 16.5. The number of hydrogen-bond donors (Lipinski definition) is 1. The van der Waals surface area contributed by atoms with Crippen molar-refractivity contribution in [2.45, 2.75) is 51.4 Å². The van der Waals surface area contributed by atoms with Crippen molar-refractivity contribution in [3.05, 3.63) is 59.8 Å². The molecule has 3 heteroatoms. The predicted octanol–water partition coefficient (Wildman–Crippen LogP) is 6.43. The zero-order valence-electron chi connectivity index (χ0n) is 16.6. The molecule has 0 saturated heterocycles. The second kappa shape index (κ2) is 7.12. The van der Waals surface area contributed by atoms with Gasteiger partial charge in [-0.3, -0.25) is 4.98 Å². The van der Waals surface area contributed by atoms with E-state index in [1.807, 2.05) is 12.1 Å². The molecule has 3 nitrogen and oxygen atoms in total. The molecule has 3 aromatic rings. The Bertz CT molecular complexity index is 987. The average Bonchev–Trinajstić information content (AvgIpc) is 2.75. The van der Waals surface area contributed by atoms with Gasteiger partial charge in [-0.1, -0.05) is 37.5 Å². The van der Waals surface area contributed by atoms with E-state index in [1.54, 1.807) is 7.11 Å². The van der Waals surface area contributed by atoms with Crippen molar-refractivity contribution < 1.29 is 4.74 Å². The largest absolute Gasteiger partial charge is 0.497 e. The molecule has 0 unspecified atom stereocenters. The summed E-state index contributed by atoms with van der Waals surface area (Å²) in [7, 11) is 1.71. The van der Waals surface area contributed by atoms with Gasteiger partial charge >= 0.3 is 0 Å². The minimum Gasteiger partial charge on any atom is -0.497 e. The first-order valence-corrected chi connectivity index (χ1v) is 10.6. The first kappa shape index (κ1) is 17.5. The fourth-order valence-corrected chi connectivity index (χ4v) is 5.24. The maximum atomic E-state index is 5.32. The van der Waals surface area contributed by atoms with Crippen molar-refractivity contribution in [1.82, 2.24) is 4.98 Å². The highest BCUT2D eigenvalue weighted by molar-refractivity contribution is 5.95. The van der Waals surface area contributed by atoms with Crippen LogP contribution >= 0.6 is 0 Å². The molecule has 1 heterocycles. The summed E-state index contributed by atoms with van der Waals surface area (Å²) in [5.74, 6) is 0.883. The van der Waals surface area contributed by atoms with E-state index in [9.17, 15) is 0 Å². The van der Waals surface area contributed by atoms with Gasteiger partial charge in [-0.05, 0) is 73.4 Å². The third-order valence-corrected chi connectivity index (χ3v) is 6.80. The fraction of sp³-hybridized carbons (Fsp3) is 0.400. The maximum Gasteiger partial charge on any atom is 0.119 e. The summed E-state index contributed by atoms with van der Waals surface area (Å²) in [4.78, 5) is 5.06. The number of nitrogens with zero attached hydrogens (tertiary/aromatic N) is 1. The van der Waals surface area contributed by atoms with Crippen LogP contribution in [0.15, 0.2) is 48.5 Å². The summed E-state index contributed by atoms with van der Waals surface area (Å²) in [5.41, 5.74) is 6.69. The summed E-state index contributed by atoms with van der Waals surface area (Å²) in [6, 6.07) is 16.8. The molecule has 0 bridgehead atoms. The van der Waals surface area contributed by atoms with Crippen molar-refractivity contribution in [2.24, 2.45) is 5.41 Å². The molecular formula is C25H28N2O. The molecule has 5 rings (SSSR count). The van der Waals surface area contributed by atoms with Crippen molar-refractivity contribution in [3.63, 3.8) is 0 Å². The SMILES string of the molecule is COc1ccc(Nc2c3c(nc4ccccc24)CCC2(CCCCC2)C3)cc1. The number of rotatable bonds is 3. The number of methoxy groups -OCH3 is 1. The molecule has 0 radical (unpaired) electrons. The third kappa shape index (κ3) is 3.13. The Balaban J connectivity index is 1.60. The van der Waals surface area contributed by atoms with E-state index in [0.717, 1.165) is 23.4 Å². The lowest BCUT2D eigenvalue weighted by atomic mass is 9.64. The number of benzene rings is 2. The van der Waals surface area contributed by atoms with Crippen LogP contribution in [0.3, 0.4) is 0 Å². The number of hydrogen-bond acceptors (Lipinski definition) is 3. The van der Waals surface area contributed by atoms with Gasteiger partial charge in [0, 0.05) is 16.8 Å². The molecule has 144 valence electrons. The summed E-state index contributed by atoms with van der Waals surface area (Å²) in [5, 5.41) is 4.98. The number of pyridine rings is 1. The van der Waals surface area contributed by atoms with Crippen LogP contribution in [-0.4, -0.2) is 12.1 Å². The third-order valence-electron chi connectivity index (χ3n) is 6.80. The molecule has 28 heavy (non-hydrogen) atoms. The summed E-state index contributed by atoms with van der Waals surface area (Å²) < 4.78 is 5.32. The lowest BCUT2D eigenvalue weighted by Crippen LogP contribution is -2.32. The lowest BCUT2D eigenvalue weighted by molar-refractivity contribution is 0.161. The number of ether oxygens (including phenoxy) is 1. The summed E-state index contributed by atoms with van der Waals surface area (Å²) >= 11 is 0. The lowest BCUT2D eigenvalue weighted by Gasteiger charge is -2.41. The molecule has 1 spiro atoms. The fourth-order valence-electron chi connectivity index (χ4n) is 5.24. The van der Waals surface area contributed by atoms with E-state index in [-0.39, 0.29) is 0 Å². The standard InChI is InChI=1S/C25H28N2O/c1-28-19-11-9-18(10-12-19)26-24-20-7-3-4-8-22(20)27-23-13-16-25(17-21(23)24)14-5-2-6-15-25/h3-4,7-12H,2,5-6,13-17H2,1H3,(H,26,27). The van der Waals surface area contributed by atoms with Crippen molar-refractivity contribution in [1.29, 1.82) is 0 Å². The minimum atomic E-state index is 0.492. The Kier molecular flexibility index (Phi) is 4.46. The van der Waals surface area contributed by atoms with E-state index >= 15 is 0 Å². The second-order valence-corrected chi connectivity index (χ2v) is 8.52. The molecule has 1 fully saturated rings. The van der Waals surface area contributed by atoms with Crippen LogP contribution < -0.4 is 10.1 Å². The van der Waals surface area contributed by atoms with E-state index in [2.05, 4.69) is 41.7 Å². The van der Waals surface area contributed by atoms with E-state index in [1.165, 1.54) is 67.3 Å². The number of para-hydroxylation sites is 1. The number of anilines is 2. The van der Waals surface area contributed by atoms with Gasteiger partial charge < -0.3 is 10.1 Å². The van der Waals surface area contributed by atoms with E-state index in [0.29, 0.717) is 5.41 Å². The molecule has 0 aliphatic heterocycles. The second-order valence-electron chi connectivity index (χ2n) is 8.52. The van der Waals surface area contributed by atoms with Gasteiger partial charge in [0.05, 0.1) is 18.3 Å². The number of aromatic nitrogens is 1. The maximum absolute atomic E-state index is 5.32. The van der Waals surface area contributed by atoms with Gasteiger partial charge in [0.2, 0.25) is 0 Å². The van der Waals surface area contributed by atoms with Gasteiger partial charge in [-0.15, -0.1) is 0 Å². The highest BCUT2D eigenvalue weighted by Crippen LogP contribution is 2.48. The molecule has 2 aliphatic rings. The summed E-state index contributed by atoms with van der Waals surface area (Å²) in [6.45, 7) is 0. The van der Waals surface area contributed by atoms with Crippen LogP contribution in [0.2, 0.25) is 0 Å². The van der Waals surface area contributed by atoms with Gasteiger partial charge in [0.15, 0.2) is 0 Å². The first-order chi connectivity index (χ1) is 13.8. The van der Waals surface area contributed by atoms with Gasteiger partial charge in [-0.2, -0.15) is 0 Å². The van der Waals surface area contributed by atoms with E-state index < -0.39 is 0 Å². The number of nitrogens with one attached hydrogen (secondary N) is 1. The van der Waals surface area contributed by atoms with Crippen molar-refractivity contribution in [3.8, 4) is 5.75 Å². The predicted molar refractivity (Wildman–Crippen MR) is 116 cm³/mol. The average molecular weight is 373 g/mol. The normalized spacial score (nSPS) is 18.0. The van der Waals surface area contributed by atoms with Gasteiger partial charge in [0.1, 0.15) is 5.75 Å².